The molecule has 18 heavy (non-hydrogen) atoms. The third-order valence-electron chi connectivity index (χ3n) is 2.19. The van der Waals surface area contributed by atoms with Crippen LogP contribution < -0.4 is 4.72 Å². The summed E-state index contributed by atoms with van der Waals surface area (Å²) in [5, 5.41) is -0.380. The van der Waals surface area contributed by atoms with E-state index in [1.165, 1.54) is 18.5 Å². The summed E-state index contributed by atoms with van der Waals surface area (Å²) in [7, 11) is -4.85. The first kappa shape index (κ1) is 16.0. The van der Waals surface area contributed by atoms with E-state index >= 15 is 0 Å². The third kappa shape index (κ3) is 4.27. The fourth-order valence-corrected chi connectivity index (χ4v) is 3.51. The number of aromatic nitrogens is 1. The fourth-order valence-electron chi connectivity index (χ4n) is 1.01. The lowest BCUT2D eigenvalue weighted by molar-refractivity contribution is 0.580. The lowest BCUT2D eigenvalue weighted by atomic mass is 10.5. The van der Waals surface area contributed by atoms with Crippen LogP contribution in [0.4, 0.5) is 0 Å². The van der Waals surface area contributed by atoms with Gasteiger partial charge in [0.1, 0.15) is 10.0 Å². The monoisotopic (exact) mass is 374 g/mol. The van der Waals surface area contributed by atoms with Crippen molar-refractivity contribution in [3.8, 4) is 0 Å². The van der Waals surface area contributed by atoms with Gasteiger partial charge in [-0.1, -0.05) is 11.6 Å². The van der Waals surface area contributed by atoms with Gasteiger partial charge in [-0.25, -0.2) is 18.1 Å². The van der Waals surface area contributed by atoms with E-state index in [4.69, 9.17) is 11.6 Å². The average Bonchev–Trinajstić information content (AvgIpc) is 2.29. The van der Waals surface area contributed by atoms with Gasteiger partial charge in [-0.3, -0.25) is 4.21 Å². The zero-order valence-electron chi connectivity index (χ0n) is 9.68. The van der Waals surface area contributed by atoms with Crippen LogP contribution in [0.5, 0.6) is 0 Å². The second kappa shape index (κ2) is 6.42. The molecule has 5 nitrogen and oxygen atoms in total. The van der Waals surface area contributed by atoms with E-state index in [9.17, 15) is 12.6 Å². The molecule has 0 aliphatic rings. The van der Waals surface area contributed by atoms with E-state index in [1.807, 2.05) is 0 Å². The standard InChI is InChI=1S/C9H12BrClN2O3S2/c1-6(17(2)14)4-13-18(15,16)8-3-7(10)5-12-9(8)11/h3,5-6,13H,4H2,1-2H3. The highest BCUT2D eigenvalue weighted by molar-refractivity contribution is 9.10. The average molecular weight is 376 g/mol. The Balaban J connectivity index is 2.93. The minimum Gasteiger partial charge on any atom is -0.260 e. The van der Waals surface area contributed by atoms with Gasteiger partial charge in [0.05, 0.1) is 0 Å². The smallest absolute Gasteiger partial charge is 0.243 e. The van der Waals surface area contributed by atoms with Crippen LogP contribution in [0.1, 0.15) is 6.92 Å². The van der Waals surface area contributed by atoms with E-state index in [0.717, 1.165) is 0 Å². The molecule has 0 spiro atoms. The zero-order valence-corrected chi connectivity index (χ0v) is 13.7. The normalized spacial score (nSPS) is 15.3. The van der Waals surface area contributed by atoms with Gasteiger partial charge in [0.2, 0.25) is 10.0 Å². The van der Waals surface area contributed by atoms with Gasteiger partial charge in [0.25, 0.3) is 0 Å². The van der Waals surface area contributed by atoms with E-state index in [1.54, 1.807) is 6.92 Å². The van der Waals surface area contributed by atoms with E-state index in [0.29, 0.717) is 4.47 Å². The maximum atomic E-state index is 12.0. The number of rotatable bonds is 5. The van der Waals surface area contributed by atoms with Gasteiger partial charge in [-0.05, 0) is 28.9 Å². The van der Waals surface area contributed by atoms with Crippen LogP contribution in [0, 0.1) is 0 Å². The third-order valence-corrected chi connectivity index (χ3v) is 5.77. The Morgan fingerprint density at radius 1 is 1.61 bits per heavy atom. The molecule has 0 bridgehead atoms. The van der Waals surface area contributed by atoms with Gasteiger partial charge in [-0.2, -0.15) is 0 Å². The summed E-state index contributed by atoms with van der Waals surface area (Å²) in [6.07, 6.45) is 2.93. The van der Waals surface area contributed by atoms with Crippen molar-refractivity contribution < 1.29 is 12.6 Å². The van der Waals surface area contributed by atoms with Crippen molar-refractivity contribution in [1.82, 2.24) is 9.71 Å². The Morgan fingerprint density at radius 3 is 2.78 bits per heavy atom. The highest BCUT2D eigenvalue weighted by atomic mass is 79.9. The predicted octanol–water partition coefficient (Wildman–Crippen LogP) is 1.54. The molecule has 0 saturated heterocycles. The highest BCUT2D eigenvalue weighted by Crippen LogP contribution is 2.22. The first-order chi connectivity index (χ1) is 8.24. The van der Waals surface area contributed by atoms with Gasteiger partial charge in [-0.15, -0.1) is 0 Å². The van der Waals surface area contributed by atoms with Crippen molar-refractivity contribution in [3.63, 3.8) is 0 Å². The lowest BCUT2D eigenvalue weighted by Crippen LogP contribution is -2.32. The Morgan fingerprint density at radius 2 is 2.22 bits per heavy atom. The minimum atomic E-state index is -3.75. The van der Waals surface area contributed by atoms with Crippen molar-refractivity contribution >= 4 is 48.4 Å². The number of nitrogens with one attached hydrogen (secondary N) is 1. The van der Waals surface area contributed by atoms with Crippen LogP contribution in [0.2, 0.25) is 5.15 Å². The van der Waals surface area contributed by atoms with Gasteiger partial charge in [0.15, 0.2) is 0 Å². The lowest BCUT2D eigenvalue weighted by Gasteiger charge is -2.11. The molecular formula is C9H12BrClN2O3S2. The summed E-state index contributed by atoms with van der Waals surface area (Å²) in [4.78, 5) is 3.64. The van der Waals surface area contributed by atoms with E-state index in [2.05, 4.69) is 25.6 Å². The molecule has 0 aliphatic heterocycles. The quantitative estimate of drug-likeness (QED) is 0.792. The molecule has 0 saturated carbocycles. The van der Waals surface area contributed by atoms with Crippen molar-refractivity contribution in [1.29, 1.82) is 0 Å². The van der Waals surface area contributed by atoms with Crippen LogP contribution in [-0.4, -0.2) is 35.7 Å². The first-order valence-corrected chi connectivity index (χ1v) is 9.14. The molecule has 2 unspecified atom stereocenters. The number of hydrogen-bond acceptors (Lipinski definition) is 4. The number of hydrogen-bond donors (Lipinski definition) is 1. The molecule has 102 valence electrons. The maximum absolute atomic E-state index is 12.0. The molecule has 1 rings (SSSR count). The van der Waals surface area contributed by atoms with Crippen LogP contribution >= 0.6 is 27.5 Å². The fraction of sp³-hybridized carbons (Fsp3) is 0.444. The summed E-state index contributed by atoms with van der Waals surface area (Å²) in [5.74, 6) is 0. The summed E-state index contributed by atoms with van der Waals surface area (Å²) < 4.78 is 38.0. The van der Waals surface area contributed by atoms with Crippen molar-refractivity contribution in [2.75, 3.05) is 12.8 Å². The molecule has 2 atom stereocenters. The molecule has 1 N–H and O–H groups in total. The number of sulfonamides is 1. The summed E-state index contributed by atoms with van der Waals surface area (Å²) in [6, 6.07) is 1.37. The van der Waals surface area contributed by atoms with Crippen LogP contribution in [0.15, 0.2) is 21.6 Å². The van der Waals surface area contributed by atoms with Gasteiger partial charge >= 0.3 is 0 Å². The topological polar surface area (TPSA) is 76.1 Å². The molecule has 0 amide bonds. The van der Waals surface area contributed by atoms with E-state index < -0.39 is 20.8 Å². The SMILES string of the molecule is CC(CNS(=O)(=O)c1cc(Br)cnc1Cl)S(C)=O. The molecule has 9 heteroatoms. The van der Waals surface area contributed by atoms with Crippen molar-refractivity contribution in [2.24, 2.45) is 0 Å². The van der Waals surface area contributed by atoms with Crippen molar-refractivity contribution in [2.45, 2.75) is 17.1 Å². The number of nitrogens with zero attached hydrogens (tertiary/aromatic N) is 1. The Bertz CT molecular complexity index is 565. The second-order valence-electron chi connectivity index (χ2n) is 3.60. The van der Waals surface area contributed by atoms with Gasteiger partial charge in [0, 0.05) is 39.5 Å². The molecule has 0 aliphatic carbocycles. The maximum Gasteiger partial charge on any atom is 0.243 e. The van der Waals surface area contributed by atoms with Crippen LogP contribution in [0.25, 0.3) is 0 Å². The molecular weight excluding hydrogens is 364 g/mol. The molecule has 0 fully saturated rings. The Hall–Kier alpha value is -0.0200. The summed E-state index contributed by atoms with van der Waals surface area (Å²) >= 11 is 8.88. The zero-order chi connectivity index (χ0) is 13.9. The molecule has 0 radical (unpaired) electrons. The van der Waals surface area contributed by atoms with Gasteiger partial charge < -0.3 is 0 Å². The summed E-state index contributed by atoms with van der Waals surface area (Å²) in [6.45, 7) is 1.77. The Kier molecular flexibility index (Phi) is 5.72. The number of halogens is 2. The summed E-state index contributed by atoms with van der Waals surface area (Å²) in [5.41, 5.74) is 0. The first-order valence-electron chi connectivity index (χ1n) is 4.87. The molecule has 1 aromatic rings. The Labute approximate surface area is 122 Å². The largest absolute Gasteiger partial charge is 0.260 e. The van der Waals surface area contributed by atoms with Crippen LogP contribution in [0.3, 0.4) is 0 Å². The minimum absolute atomic E-state index is 0.0777. The second-order valence-corrected chi connectivity index (χ2v) is 8.41. The molecule has 1 heterocycles. The van der Waals surface area contributed by atoms with Crippen LogP contribution in [-0.2, 0) is 20.8 Å². The van der Waals surface area contributed by atoms with E-state index in [-0.39, 0.29) is 21.8 Å². The molecule has 0 aromatic carbocycles. The predicted molar refractivity (Wildman–Crippen MR) is 75.7 cm³/mol. The van der Waals surface area contributed by atoms with Crippen molar-refractivity contribution in [3.05, 3.63) is 21.9 Å². The molecule has 1 aromatic heterocycles. The highest BCUT2D eigenvalue weighted by Gasteiger charge is 2.20. The number of pyridine rings is 1.